The molecular formula is C17H21NO. The minimum atomic E-state index is 0.852. The van der Waals surface area contributed by atoms with E-state index in [1.807, 2.05) is 13.1 Å². The van der Waals surface area contributed by atoms with E-state index < -0.39 is 0 Å². The average Bonchev–Trinajstić information content (AvgIpc) is 2.33. The highest BCUT2D eigenvalue weighted by molar-refractivity contribution is 5.40. The van der Waals surface area contributed by atoms with Crippen LogP contribution >= 0.6 is 0 Å². The number of nitrogens with one attached hydrogen (secondary N) is 1. The van der Waals surface area contributed by atoms with Crippen molar-refractivity contribution in [2.45, 2.75) is 27.3 Å². The Bertz CT molecular complexity index is 575. The van der Waals surface area contributed by atoms with Crippen molar-refractivity contribution in [1.82, 2.24) is 5.32 Å². The van der Waals surface area contributed by atoms with Gasteiger partial charge in [-0.2, -0.15) is 0 Å². The van der Waals surface area contributed by atoms with Gasteiger partial charge in [0.25, 0.3) is 0 Å². The fraction of sp³-hybridized carbons (Fsp3) is 0.294. The minimum Gasteiger partial charge on any atom is -0.457 e. The molecule has 0 atom stereocenters. The summed E-state index contributed by atoms with van der Waals surface area (Å²) in [6, 6.07) is 12.5. The molecule has 0 aromatic heterocycles. The standard InChI is InChI=1S/C17H21NO/c1-12-7-15(11-18-4)10-17(8-12)19-16-6-5-13(2)14(3)9-16/h5-10,18H,11H2,1-4H3. The SMILES string of the molecule is CNCc1cc(C)cc(Oc2ccc(C)c(C)c2)c1. The highest BCUT2D eigenvalue weighted by Gasteiger charge is 2.02. The van der Waals surface area contributed by atoms with Crippen molar-refractivity contribution in [3.05, 3.63) is 58.7 Å². The molecule has 0 saturated heterocycles. The first kappa shape index (κ1) is 13.6. The van der Waals surface area contributed by atoms with Gasteiger partial charge in [0.2, 0.25) is 0 Å². The van der Waals surface area contributed by atoms with Gasteiger partial charge in [-0.1, -0.05) is 12.1 Å². The topological polar surface area (TPSA) is 21.3 Å². The second-order valence-corrected chi connectivity index (χ2v) is 5.03. The Balaban J connectivity index is 2.24. The first-order chi connectivity index (χ1) is 9.08. The van der Waals surface area contributed by atoms with Crippen LogP contribution in [-0.4, -0.2) is 7.05 Å². The van der Waals surface area contributed by atoms with Crippen LogP contribution in [0.4, 0.5) is 0 Å². The minimum absolute atomic E-state index is 0.852. The van der Waals surface area contributed by atoms with Gasteiger partial charge in [0.1, 0.15) is 11.5 Å². The lowest BCUT2D eigenvalue weighted by molar-refractivity contribution is 0.480. The Labute approximate surface area is 115 Å². The Morgan fingerprint density at radius 1 is 0.895 bits per heavy atom. The summed E-state index contributed by atoms with van der Waals surface area (Å²) in [5.41, 5.74) is 4.99. The van der Waals surface area contributed by atoms with E-state index in [4.69, 9.17) is 4.74 Å². The summed E-state index contributed by atoms with van der Waals surface area (Å²) in [7, 11) is 1.95. The molecule has 2 nitrogen and oxygen atoms in total. The van der Waals surface area contributed by atoms with E-state index in [-0.39, 0.29) is 0 Å². The van der Waals surface area contributed by atoms with Gasteiger partial charge in [-0.15, -0.1) is 0 Å². The van der Waals surface area contributed by atoms with Crippen LogP contribution in [0.2, 0.25) is 0 Å². The summed E-state index contributed by atoms with van der Waals surface area (Å²) in [6.07, 6.45) is 0. The number of aryl methyl sites for hydroxylation is 3. The van der Waals surface area contributed by atoms with Gasteiger partial charge in [-0.25, -0.2) is 0 Å². The van der Waals surface area contributed by atoms with E-state index in [9.17, 15) is 0 Å². The molecule has 0 amide bonds. The Kier molecular flexibility index (Phi) is 4.23. The molecule has 0 fully saturated rings. The normalized spacial score (nSPS) is 10.5. The zero-order chi connectivity index (χ0) is 13.8. The zero-order valence-corrected chi connectivity index (χ0v) is 12.1. The molecule has 2 aromatic carbocycles. The Hall–Kier alpha value is -1.80. The second-order valence-electron chi connectivity index (χ2n) is 5.03. The summed E-state index contributed by atoms with van der Waals surface area (Å²) in [5.74, 6) is 1.79. The highest BCUT2D eigenvalue weighted by Crippen LogP contribution is 2.25. The predicted molar refractivity (Wildman–Crippen MR) is 79.9 cm³/mol. The largest absolute Gasteiger partial charge is 0.457 e. The molecular weight excluding hydrogens is 234 g/mol. The van der Waals surface area contributed by atoms with Crippen molar-refractivity contribution < 1.29 is 4.74 Å². The molecule has 2 rings (SSSR count). The summed E-state index contributed by atoms with van der Waals surface area (Å²) in [4.78, 5) is 0. The van der Waals surface area contributed by atoms with Crippen LogP contribution in [0.15, 0.2) is 36.4 Å². The quantitative estimate of drug-likeness (QED) is 0.887. The maximum absolute atomic E-state index is 5.95. The van der Waals surface area contributed by atoms with Crippen LogP contribution in [0.3, 0.4) is 0 Å². The second kappa shape index (κ2) is 5.89. The lowest BCUT2D eigenvalue weighted by Crippen LogP contribution is -2.05. The number of hydrogen-bond donors (Lipinski definition) is 1. The average molecular weight is 255 g/mol. The van der Waals surface area contributed by atoms with Gasteiger partial charge < -0.3 is 10.1 Å². The van der Waals surface area contributed by atoms with Gasteiger partial charge in [0, 0.05) is 6.54 Å². The Morgan fingerprint density at radius 3 is 2.37 bits per heavy atom. The molecule has 2 aromatic rings. The summed E-state index contributed by atoms with van der Waals surface area (Å²) in [6.45, 7) is 7.15. The molecule has 0 radical (unpaired) electrons. The fourth-order valence-electron chi connectivity index (χ4n) is 2.10. The molecule has 100 valence electrons. The highest BCUT2D eigenvalue weighted by atomic mass is 16.5. The number of rotatable bonds is 4. The van der Waals surface area contributed by atoms with Crippen molar-refractivity contribution >= 4 is 0 Å². The molecule has 0 heterocycles. The number of ether oxygens (including phenoxy) is 1. The lowest BCUT2D eigenvalue weighted by atomic mass is 10.1. The third kappa shape index (κ3) is 3.58. The van der Waals surface area contributed by atoms with Crippen molar-refractivity contribution in [2.24, 2.45) is 0 Å². The van der Waals surface area contributed by atoms with E-state index in [0.717, 1.165) is 18.0 Å². The third-order valence-electron chi connectivity index (χ3n) is 3.21. The smallest absolute Gasteiger partial charge is 0.128 e. The molecule has 0 aliphatic rings. The van der Waals surface area contributed by atoms with Gasteiger partial charge in [-0.3, -0.25) is 0 Å². The third-order valence-corrected chi connectivity index (χ3v) is 3.21. The summed E-state index contributed by atoms with van der Waals surface area (Å²) in [5, 5.41) is 3.16. The number of hydrogen-bond acceptors (Lipinski definition) is 2. The van der Waals surface area contributed by atoms with Crippen LogP contribution in [0.25, 0.3) is 0 Å². The van der Waals surface area contributed by atoms with Crippen LogP contribution < -0.4 is 10.1 Å². The predicted octanol–water partition coefficient (Wildman–Crippen LogP) is 4.12. The lowest BCUT2D eigenvalue weighted by Gasteiger charge is -2.10. The number of benzene rings is 2. The molecule has 0 bridgehead atoms. The molecule has 0 saturated carbocycles. The van der Waals surface area contributed by atoms with E-state index in [1.54, 1.807) is 0 Å². The zero-order valence-electron chi connectivity index (χ0n) is 12.1. The van der Waals surface area contributed by atoms with E-state index >= 15 is 0 Å². The monoisotopic (exact) mass is 255 g/mol. The van der Waals surface area contributed by atoms with E-state index in [1.165, 1.54) is 22.3 Å². The van der Waals surface area contributed by atoms with Crippen LogP contribution in [0.1, 0.15) is 22.3 Å². The molecule has 1 N–H and O–H groups in total. The molecule has 0 spiro atoms. The fourth-order valence-corrected chi connectivity index (χ4v) is 2.10. The van der Waals surface area contributed by atoms with Gasteiger partial charge >= 0.3 is 0 Å². The van der Waals surface area contributed by atoms with Crippen LogP contribution in [0, 0.1) is 20.8 Å². The van der Waals surface area contributed by atoms with Crippen molar-refractivity contribution in [3.63, 3.8) is 0 Å². The molecule has 19 heavy (non-hydrogen) atoms. The molecule has 0 aliphatic carbocycles. The van der Waals surface area contributed by atoms with Crippen molar-refractivity contribution in [3.8, 4) is 11.5 Å². The summed E-state index contributed by atoms with van der Waals surface area (Å²) >= 11 is 0. The maximum atomic E-state index is 5.95. The first-order valence-corrected chi connectivity index (χ1v) is 6.59. The molecule has 2 heteroatoms. The van der Waals surface area contributed by atoms with E-state index in [0.29, 0.717) is 0 Å². The first-order valence-electron chi connectivity index (χ1n) is 6.59. The van der Waals surface area contributed by atoms with Crippen LogP contribution in [-0.2, 0) is 6.54 Å². The van der Waals surface area contributed by atoms with Crippen LogP contribution in [0.5, 0.6) is 11.5 Å². The van der Waals surface area contributed by atoms with Crippen molar-refractivity contribution in [1.29, 1.82) is 0 Å². The maximum Gasteiger partial charge on any atom is 0.128 e. The molecule has 0 aliphatic heterocycles. The van der Waals surface area contributed by atoms with Gasteiger partial charge in [-0.05, 0) is 74.3 Å². The van der Waals surface area contributed by atoms with Crippen molar-refractivity contribution in [2.75, 3.05) is 7.05 Å². The molecule has 0 unspecified atom stereocenters. The van der Waals surface area contributed by atoms with Gasteiger partial charge in [0.15, 0.2) is 0 Å². The van der Waals surface area contributed by atoms with E-state index in [2.05, 4.69) is 56.4 Å². The Morgan fingerprint density at radius 2 is 1.68 bits per heavy atom. The summed E-state index contributed by atoms with van der Waals surface area (Å²) < 4.78 is 5.95. The van der Waals surface area contributed by atoms with Gasteiger partial charge in [0.05, 0.1) is 0 Å².